The van der Waals surface area contributed by atoms with E-state index in [0.29, 0.717) is 6.61 Å². The SMILES string of the molecule is CCCCCCCCCCOS(=O)[O-].[H-].[Na+]. The fraction of sp³-hybridized carbons (Fsp3) is 1.00. The first kappa shape index (κ1) is 18.4. The molecule has 1 atom stereocenters. The van der Waals surface area contributed by atoms with E-state index < -0.39 is 11.4 Å². The third-order valence-corrected chi connectivity index (χ3v) is 2.54. The van der Waals surface area contributed by atoms with E-state index in [2.05, 4.69) is 11.1 Å². The molecule has 0 saturated carbocycles. The Kier molecular flexibility index (Phi) is 18.5. The summed E-state index contributed by atoms with van der Waals surface area (Å²) in [4.78, 5) is 0. The predicted octanol–water partition coefficient (Wildman–Crippen LogP) is 0.0543. The van der Waals surface area contributed by atoms with Crippen molar-refractivity contribution in [2.45, 2.75) is 58.3 Å². The summed E-state index contributed by atoms with van der Waals surface area (Å²) in [6.07, 6.45) is 9.63. The molecule has 0 radical (unpaired) electrons. The Bertz CT molecular complexity index is 150. The van der Waals surface area contributed by atoms with Gasteiger partial charge in [0.05, 0.1) is 18.0 Å². The molecule has 0 aromatic heterocycles. The number of rotatable bonds is 10. The molecule has 0 bridgehead atoms. The zero-order valence-electron chi connectivity index (χ0n) is 11.0. The van der Waals surface area contributed by atoms with Gasteiger partial charge in [0.2, 0.25) is 0 Å². The van der Waals surface area contributed by atoms with Crippen LogP contribution in [0.5, 0.6) is 0 Å². The van der Waals surface area contributed by atoms with Gasteiger partial charge in [-0.05, 0) is 6.42 Å². The average molecular weight is 245 g/mol. The molecule has 0 aromatic rings. The van der Waals surface area contributed by atoms with Crippen LogP contribution in [0.1, 0.15) is 59.7 Å². The van der Waals surface area contributed by atoms with Crippen LogP contribution < -0.4 is 29.6 Å². The first-order valence-corrected chi connectivity index (χ1v) is 6.50. The van der Waals surface area contributed by atoms with Crippen LogP contribution in [0, 0.1) is 0 Å². The van der Waals surface area contributed by atoms with Crippen LogP contribution >= 0.6 is 0 Å². The van der Waals surface area contributed by atoms with Crippen molar-refractivity contribution in [3.63, 3.8) is 0 Å². The van der Waals surface area contributed by atoms with Gasteiger partial charge in [-0.3, -0.25) is 0 Å². The van der Waals surface area contributed by atoms with Gasteiger partial charge >= 0.3 is 29.6 Å². The minimum atomic E-state index is -2.33. The van der Waals surface area contributed by atoms with E-state index in [1.165, 1.54) is 38.5 Å². The van der Waals surface area contributed by atoms with Crippen molar-refractivity contribution in [2.24, 2.45) is 0 Å². The van der Waals surface area contributed by atoms with Gasteiger partial charge in [-0.1, -0.05) is 51.9 Å². The molecule has 5 heteroatoms. The number of hydrogen-bond acceptors (Lipinski definition) is 3. The predicted molar refractivity (Wildman–Crippen MR) is 58.6 cm³/mol. The van der Waals surface area contributed by atoms with Crippen molar-refractivity contribution >= 4 is 11.4 Å². The molecular formula is C10H22NaO3S-. The third kappa shape index (κ3) is 17.7. The van der Waals surface area contributed by atoms with E-state index in [4.69, 9.17) is 0 Å². The summed E-state index contributed by atoms with van der Waals surface area (Å²) in [5.74, 6) is 0. The fourth-order valence-electron chi connectivity index (χ4n) is 1.36. The molecule has 15 heavy (non-hydrogen) atoms. The molecule has 0 aliphatic rings. The topological polar surface area (TPSA) is 49.4 Å². The van der Waals surface area contributed by atoms with Crippen LogP contribution in [0.15, 0.2) is 0 Å². The maximum absolute atomic E-state index is 9.98. The Hall–Kier alpha value is 1.07. The normalized spacial score (nSPS) is 12.1. The molecule has 0 amide bonds. The van der Waals surface area contributed by atoms with Crippen LogP contribution in [-0.4, -0.2) is 15.4 Å². The molecular weight excluding hydrogens is 223 g/mol. The van der Waals surface area contributed by atoms with E-state index >= 15 is 0 Å². The molecule has 0 spiro atoms. The van der Waals surface area contributed by atoms with Gasteiger partial charge in [0, 0.05) is 0 Å². The number of hydrogen-bond donors (Lipinski definition) is 0. The molecule has 1 unspecified atom stereocenters. The van der Waals surface area contributed by atoms with E-state index in [9.17, 15) is 8.76 Å². The van der Waals surface area contributed by atoms with E-state index in [-0.39, 0.29) is 31.0 Å². The Morgan fingerprint density at radius 3 is 2.00 bits per heavy atom. The van der Waals surface area contributed by atoms with Crippen LogP contribution in [0.25, 0.3) is 0 Å². The quantitative estimate of drug-likeness (QED) is 0.310. The van der Waals surface area contributed by atoms with Gasteiger partial charge in [-0.25, -0.2) is 4.21 Å². The van der Waals surface area contributed by atoms with E-state index in [0.717, 1.165) is 12.8 Å². The molecule has 3 nitrogen and oxygen atoms in total. The van der Waals surface area contributed by atoms with Crippen LogP contribution in [-0.2, 0) is 15.5 Å². The largest absolute Gasteiger partial charge is 1.00 e. The van der Waals surface area contributed by atoms with Crippen molar-refractivity contribution in [3.05, 3.63) is 0 Å². The summed E-state index contributed by atoms with van der Waals surface area (Å²) in [5.41, 5.74) is 0. The van der Waals surface area contributed by atoms with Gasteiger partial charge in [0.15, 0.2) is 0 Å². The second kappa shape index (κ2) is 15.1. The molecule has 0 aliphatic carbocycles. The smallest absolute Gasteiger partial charge is 1.00 e. The van der Waals surface area contributed by atoms with Crippen molar-refractivity contribution < 1.29 is 43.9 Å². The Morgan fingerprint density at radius 2 is 1.53 bits per heavy atom. The zero-order valence-corrected chi connectivity index (χ0v) is 12.8. The van der Waals surface area contributed by atoms with Crippen LogP contribution in [0.2, 0.25) is 0 Å². The van der Waals surface area contributed by atoms with Crippen molar-refractivity contribution in [2.75, 3.05) is 6.61 Å². The van der Waals surface area contributed by atoms with Crippen LogP contribution in [0.3, 0.4) is 0 Å². The summed E-state index contributed by atoms with van der Waals surface area (Å²) in [6.45, 7) is 2.55. The summed E-state index contributed by atoms with van der Waals surface area (Å²) >= 11 is -2.33. The average Bonchev–Trinajstić information content (AvgIpc) is 2.15. The summed E-state index contributed by atoms with van der Waals surface area (Å²) in [7, 11) is 0. The van der Waals surface area contributed by atoms with Crippen LogP contribution in [0.4, 0.5) is 0 Å². The Balaban J connectivity index is -0.000000845. The van der Waals surface area contributed by atoms with Gasteiger partial charge in [0.1, 0.15) is 0 Å². The molecule has 0 N–H and O–H groups in total. The Labute approximate surface area is 120 Å². The first-order chi connectivity index (χ1) is 6.77. The number of unbranched alkanes of at least 4 members (excludes halogenated alkanes) is 7. The maximum Gasteiger partial charge on any atom is 1.00 e. The van der Waals surface area contributed by atoms with Gasteiger partial charge in [-0.15, -0.1) is 0 Å². The minimum Gasteiger partial charge on any atom is -1.00 e. The summed E-state index contributed by atoms with van der Waals surface area (Å²) < 4.78 is 24.4. The summed E-state index contributed by atoms with van der Waals surface area (Å²) in [5, 5.41) is 0. The minimum absolute atomic E-state index is 0. The fourth-order valence-corrected chi connectivity index (χ4v) is 1.62. The van der Waals surface area contributed by atoms with Crippen molar-refractivity contribution in [3.8, 4) is 0 Å². The molecule has 0 aliphatic heterocycles. The van der Waals surface area contributed by atoms with Gasteiger partial charge in [-0.2, -0.15) is 0 Å². The second-order valence-corrected chi connectivity index (χ2v) is 4.14. The first-order valence-electron chi connectivity index (χ1n) is 5.50. The van der Waals surface area contributed by atoms with Crippen molar-refractivity contribution in [1.82, 2.24) is 0 Å². The second-order valence-electron chi connectivity index (χ2n) is 3.50. The van der Waals surface area contributed by atoms with E-state index in [1.807, 2.05) is 0 Å². The molecule has 0 heterocycles. The van der Waals surface area contributed by atoms with Gasteiger partial charge in [0.25, 0.3) is 0 Å². The zero-order chi connectivity index (χ0) is 10.6. The Morgan fingerprint density at radius 1 is 1.07 bits per heavy atom. The molecule has 88 valence electrons. The molecule has 0 aromatic carbocycles. The summed E-state index contributed by atoms with van der Waals surface area (Å²) in [6, 6.07) is 0. The monoisotopic (exact) mass is 245 g/mol. The molecule has 0 saturated heterocycles. The standard InChI is InChI=1S/C10H22O3S.Na.H/c1-2-3-4-5-6-7-8-9-10-13-14(11)12;;/h2-10H2,1H3,(H,11,12);;/q;+1;-1/p-1. The molecule has 0 rings (SSSR count). The van der Waals surface area contributed by atoms with Gasteiger partial charge < -0.3 is 10.2 Å². The maximum atomic E-state index is 9.98. The third-order valence-electron chi connectivity index (χ3n) is 2.18. The van der Waals surface area contributed by atoms with E-state index in [1.54, 1.807) is 0 Å². The molecule has 0 fully saturated rings. The van der Waals surface area contributed by atoms with Crippen molar-refractivity contribution in [1.29, 1.82) is 0 Å².